The molecule has 2 heterocycles. The molecule has 2 aromatic carbocycles. The first-order valence-electron chi connectivity index (χ1n) is 10.5. The molecule has 4 rings (SSSR count). The summed E-state index contributed by atoms with van der Waals surface area (Å²) in [5.41, 5.74) is 1.34. The van der Waals surface area contributed by atoms with Crippen molar-refractivity contribution in [2.75, 3.05) is 10.6 Å². The molecule has 0 spiro atoms. The molecule has 0 saturated heterocycles. The molecule has 0 aliphatic carbocycles. The molecule has 0 aliphatic heterocycles. The third kappa shape index (κ3) is 5.76. The minimum absolute atomic E-state index is 0.00629. The topological polar surface area (TPSA) is 99.7 Å². The van der Waals surface area contributed by atoms with Crippen molar-refractivity contribution in [3.05, 3.63) is 107 Å². The molecule has 0 aliphatic rings. The first-order chi connectivity index (χ1) is 16.8. The Labute approximate surface area is 198 Å². The highest BCUT2D eigenvalue weighted by Crippen LogP contribution is 2.20. The molecule has 0 radical (unpaired) electrons. The first kappa shape index (κ1) is 23.8. The molecule has 4 aromatic rings. The van der Waals surface area contributed by atoms with Gasteiger partial charge in [-0.1, -0.05) is 30.8 Å². The molecule has 0 atom stereocenters. The van der Waals surface area contributed by atoms with Gasteiger partial charge in [-0.15, -0.1) is 0 Å². The molecule has 4 N–H and O–H groups in total. The van der Waals surface area contributed by atoms with Crippen LogP contribution in [-0.2, 0) is 20.1 Å². The lowest BCUT2D eigenvalue weighted by Crippen LogP contribution is -2.17. The van der Waals surface area contributed by atoms with Gasteiger partial charge < -0.3 is 20.5 Å². The third-order valence-electron chi connectivity index (χ3n) is 5.16. The Kier molecular flexibility index (Phi) is 6.97. The minimum Gasteiger partial charge on any atom is -0.340 e. The van der Waals surface area contributed by atoms with E-state index in [9.17, 15) is 18.0 Å². The van der Waals surface area contributed by atoms with Crippen LogP contribution in [0.1, 0.15) is 11.4 Å². The molecule has 2 aromatic heterocycles. The lowest BCUT2D eigenvalue weighted by atomic mass is 10.1. The molecule has 0 amide bonds. The second-order valence-corrected chi connectivity index (χ2v) is 7.70. The lowest BCUT2D eigenvalue weighted by molar-refractivity contribution is 0.496. The van der Waals surface area contributed by atoms with E-state index in [2.05, 4.69) is 37.5 Å². The number of benzene rings is 2. The van der Waals surface area contributed by atoms with Gasteiger partial charge in [-0.3, -0.25) is 9.78 Å². The second-order valence-electron chi connectivity index (χ2n) is 7.70. The largest absolute Gasteiger partial charge is 0.340 e. The maximum Gasteiger partial charge on any atom is 0.260 e. The highest BCUT2D eigenvalue weighted by atomic mass is 19.2. The molecule has 0 bridgehead atoms. The van der Waals surface area contributed by atoms with Crippen molar-refractivity contribution in [3.8, 4) is 11.1 Å². The van der Waals surface area contributed by atoms with Crippen LogP contribution in [0, 0.1) is 17.5 Å². The number of H-pyrrole nitrogens is 1. The van der Waals surface area contributed by atoms with Crippen LogP contribution < -0.4 is 21.5 Å². The fraction of sp³-hybridized carbons (Fsp3) is 0.125. The standard InChI is InChI=1S/C24H22F3N7O/c1-14(31-21-10-19(26)18(25)9-20(21)27)32-24-30-12-17(23(35)33-24)16-5-3-15(4-6-16)11-28-13-22-29-7-8-34(22)2/h3-10,12,28,31H,1,11,13H2,2H3,(H2,30,32,33,35). The van der Waals surface area contributed by atoms with Crippen molar-refractivity contribution >= 4 is 11.6 Å². The lowest BCUT2D eigenvalue weighted by Gasteiger charge is -2.12. The van der Waals surface area contributed by atoms with Gasteiger partial charge in [0.15, 0.2) is 11.6 Å². The quantitative estimate of drug-likeness (QED) is 0.271. The Morgan fingerprint density at radius 1 is 1.03 bits per heavy atom. The zero-order chi connectivity index (χ0) is 24.9. The van der Waals surface area contributed by atoms with Crippen molar-refractivity contribution in [1.29, 1.82) is 0 Å². The van der Waals surface area contributed by atoms with E-state index in [1.807, 2.05) is 42.1 Å². The highest BCUT2D eigenvalue weighted by molar-refractivity contribution is 5.62. The normalized spacial score (nSPS) is 10.9. The van der Waals surface area contributed by atoms with Gasteiger partial charge in [0.05, 0.1) is 17.8 Å². The van der Waals surface area contributed by atoms with Gasteiger partial charge in [-0.2, -0.15) is 0 Å². The first-order valence-corrected chi connectivity index (χ1v) is 10.5. The van der Waals surface area contributed by atoms with E-state index >= 15 is 0 Å². The van der Waals surface area contributed by atoms with Crippen LogP contribution in [-0.4, -0.2) is 19.5 Å². The summed E-state index contributed by atoms with van der Waals surface area (Å²) < 4.78 is 42.2. The summed E-state index contributed by atoms with van der Waals surface area (Å²) in [6.07, 6.45) is 5.02. The van der Waals surface area contributed by atoms with Gasteiger partial charge in [0.1, 0.15) is 17.5 Å². The van der Waals surface area contributed by atoms with Crippen LogP contribution in [0.2, 0.25) is 0 Å². The maximum absolute atomic E-state index is 13.8. The van der Waals surface area contributed by atoms with E-state index in [4.69, 9.17) is 0 Å². The van der Waals surface area contributed by atoms with E-state index in [-0.39, 0.29) is 17.5 Å². The number of nitrogens with zero attached hydrogens (tertiary/aromatic N) is 3. The molecule has 35 heavy (non-hydrogen) atoms. The van der Waals surface area contributed by atoms with E-state index in [0.717, 1.165) is 11.4 Å². The smallest absolute Gasteiger partial charge is 0.260 e. The Balaban J connectivity index is 1.37. The monoisotopic (exact) mass is 481 g/mol. The summed E-state index contributed by atoms with van der Waals surface area (Å²) >= 11 is 0. The maximum atomic E-state index is 13.8. The van der Waals surface area contributed by atoms with Crippen LogP contribution in [0.25, 0.3) is 11.1 Å². The summed E-state index contributed by atoms with van der Waals surface area (Å²) in [4.78, 5) is 23.6. The number of rotatable bonds is 9. The van der Waals surface area contributed by atoms with Gasteiger partial charge in [0, 0.05) is 44.3 Å². The van der Waals surface area contributed by atoms with Gasteiger partial charge in [0.2, 0.25) is 5.95 Å². The van der Waals surface area contributed by atoms with Crippen LogP contribution in [0.5, 0.6) is 0 Å². The summed E-state index contributed by atoms with van der Waals surface area (Å²) in [5, 5.41) is 8.43. The number of aromatic amines is 1. The van der Waals surface area contributed by atoms with Crippen molar-refractivity contribution in [2.24, 2.45) is 7.05 Å². The van der Waals surface area contributed by atoms with Gasteiger partial charge in [-0.25, -0.2) is 23.1 Å². The summed E-state index contributed by atoms with van der Waals surface area (Å²) in [6.45, 7) is 4.89. The van der Waals surface area contributed by atoms with Gasteiger partial charge in [-0.05, 0) is 11.1 Å². The number of hydrogen-bond acceptors (Lipinski definition) is 6. The van der Waals surface area contributed by atoms with Crippen LogP contribution in [0.15, 0.2) is 72.2 Å². The molecule has 0 unspecified atom stereocenters. The van der Waals surface area contributed by atoms with Crippen molar-refractivity contribution < 1.29 is 13.2 Å². The zero-order valence-electron chi connectivity index (χ0n) is 18.7. The molecular formula is C24H22F3N7O. The number of aromatic nitrogens is 4. The SMILES string of the molecule is C=C(Nc1ncc(-c2ccc(CNCc3nccn3C)cc2)c(=O)[nH]1)Nc1cc(F)c(F)cc1F. The number of halogens is 3. The van der Waals surface area contributed by atoms with Crippen LogP contribution in [0.3, 0.4) is 0 Å². The molecular weight excluding hydrogens is 459 g/mol. The second kappa shape index (κ2) is 10.3. The predicted molar refractivity (Wildman–Crippen MR) is 127 cm³/mol. The Bertz CT molecular complexity index is 1410. The number of nitrogens with one attached hydrogen (secondary N) is 4. The molecule has 0 saturated carbocycles. The van der Waals surface area contributed by atoms with Crippen LogP contribution in [0.4, 0.5) is 24.8 Å². The Morgan fingerprint density at radius 2 is 1.77 bits per heavy atom. The minimum atomic E-state index is -1.30. The fourth-order valence-electron chi connectivity index (χ4n) is 3.31. The van der Waals surface area contributed by atoms with Crippen LogP contribution >= 0.6 is 0 Å². The molecule has 180 valence electrons. The highest BCUT2D eigenvalue weighted by Gasteiger charge is 2.11. The Morgan fingerprint density at radius 3 is 2.46 bits per heavy atom. The van der Waals surface area contributed by atoms with Crippen molar-refractivity contribution in [1.82, 2.24) is 24.8 Å². The summed E-state index contributed by atoms with van der Waals surface area (Å²) in [7, 11) is 1.93. The average Bonchev–Trinajstić information content (AvgIpc) is 3.23. The Hall–Kier alpha value is -4.38. The third-order valence-corrected chi connectivity index (χ3v) is 5.16. The number of hydrogen-bond donors (Lipinski definition) is 4. The van der Waals surface area contributed by atoms with E-state index < -0.39 is 23.0 Å². The summed E-state index contributed by atoms with van der Waals surface area (Å²) in [6, 6.07) is 8.55. The molecule has 11 heteroatoms. The van der Waals surface area contributed by atoms with Gasteiger partial charge >= 0.3 is 0 Å². The molecule has 8 nitrogen and oxygen atoms in total. The number of imidazole rings is 1. The fourth-order valence-corrected chi connectivity index (χ4v) is 3.31. The van der Waals surface area contributed by atoms with Crippen molar-refractivity contribution in [3.63, 3.8) is 0 Å². The van der Waals surface area contributed by atoms with E-state index in [1.54, 1.807) is 6.20 Å². The van der Waals surface area contributed by atoms with Gasteiger partial charge in [0.25, 0.3) is 5.56 Å². The number of anilines is 2. The summed E-state index contributed by atoms with van der Waals surface area (Å²) in [5.74, 6) is -2.56. The number of aryl methyl sites for hydroxylation is 1. The van der Waals surface area contributed by atoms with E-state index in [0.29, 0.717) is 36.3 Å². The predicted octanol–water partition coefficient (Wildman–Crippen LogP) is 3.87. The zero-order valence-corrected chi connectivity index (χ0v) is 18.7. The van der Waals surface area contributed by atoms with E-state index in [1.165, 1.54) is 6.20 Å². The molecule has 0 fully saturated rings. The van der Waals surface area contributed by atoms with Crippen molar-refractivity contribution in [2.45, 2.75) is 13.1 Å². The average molecular weight is 481 g/mol.